The van der Waals surface area contributed by atoms with Crippen LogP contribution in [0.4, 0.5) is 4.39 Å². The molecule has 1 aromatic carbocycles. The number of rotatable bonds is 1. The third-order valence-corrected chi connectivity index (χ3v) is 4.55. The Kier molecular flexibility index (Phi) is 3.11. The number of carbonyl (C=O) groups is 1. The molecule has 1 atom stereocenters. The summed E-state index contributed by atoms with van der Waals surface area (Å²) in [6.45, 7) is 5.71. The van der Waals surface area contributed by atoms with Crippen LogP contribution in [-0.2, 0) is 10.2 Å². The average Bonchev–Trinajstić information content (AvgIpc) is 2.42. The van der Waals surface area contributed by atoms with E-state index in [-0.39, 0.29) is 17.4 Å². The summed E-state index contributed by atoms with van der Waals surface area (Å²) in [6, 6.07) is 2.71. The Morgan fingerprint density at radius 1 is 1.22 bits per heavy atom. The molecule has 0 saturated carbocycles. The normalized spacial score (nSPS) is 26.2. The van der Waals surface area contributed by atoms with Crippen LogP contribution in [0.15, 0.2) is 12.1 Å². The van der Waals surface area contributed by atoms with Gasteiger partial charge in [-0.1, -0.05) is 30.1 Å². The summed E-state index contributed by atoms with van der Waals surface area (Å²) >= 11 is 11.9. The molecule has 2 nitrogen and oxygen atoms in total. The lowest BCUT2D eigenvalue weighted by molar-refractivity contribution is -0.119. The topological polar surface area (TPSA) is 29.1 Å². The molecule has 1 aromatic rings. The smallest absolute Gasteiger partial charge is 0.221 e. The minimum atomic E-state index is -0.563. The summed E-state index contributed by atoms with van der Waals surface area (Å²) < 4.78 is 13.6. The van der Waals surface area contributed by atoms with Crippen LogP contribution in [0.2, 0.25) is 10.0 Å². The van der Waals surface area contributed by atoms with Crippen LogP contribution in [0.5, 0.6) is 0 Å². The number of nitrogens with one attached hydrogen (secondary N) is 1. The van der Waals surface area contributed by atoms with E-state index in [0.29, 0.717) is 10.6 Å². The van der Waals surface area contributed by atoms with Gasteiger partial charge in [0.15, 0.2) is 0 Å². The summed E-state index contributed by atoms with van der Waals surface area (Å²) in [5, 5.41) is 3.26. The highest BCUT2D eigenvalue weighted by atomic mass is 35.5. The van der Waals surface area contributed by atoms with Gasteiger partial charge in [-0.3, -0.25) is 4.79 Å². The maximum Gasteiger partial charge on any atom is 0.221 e. The van der Waals surface area contributed by atoms with Gasteiger partial charge in [0.25, 0.3) is 0 Å². The molecule has 18 heavy (non-hydrogen) atoms. The van der Waals surface area contributed by atoms with Crippen molar-refractivity contribution in [2.24, 2.45) is 0 Å². The highest BCUT2D eigenvalue weighted by molar-refractivity contribution is 6.35. The maximum absolute atomic E-state index is 13.6. The molecule has 5 heteroatoms. The Bertz CT molecular complexity index is 530. The molecule has 1 fully saturated rings. The first-order chi connectivity index (χ1) is 8.17. The Balaban J connectivity index is 2.61. The van der Waals surface area contributed by atoms with Gasteiger partial charge >= 0.3 is 0 Å². The molecule has 0 radical (unpaired) electrons. The Hall–Kier alpha value is -0.800. The lowest BCUT2D eigenvalue weighted by Crippen LogP contribution is -2.48. The van der Waals surface area contributed by atoms with Crippen molar-refractivity contribution in [3.63, 3.8) is 0 Å². The molecule has 0 spiro atoms. The van der Waals surface area contributed by atoms with E-state index in [4.69, 9.17) is 23.2 Å². The molecule has 0 aliphatic carbocycles. The SMILES string of the molecule is CC1(C)NC(=O)CC1(C)c1cc(F)c(Cl)cc1Cl. The van der Waals surface area contributed by atoms with E-state index in [0.717, 1.165) is 0 Å². The van der Waals surface area contributed by atoms with Gasteiger partial charge in [0.05, 0.1) is 5.02 Å². The predicted molar refractivity (Wildman–Crippen MR) is 70.6 cm³/mol. The number of carbonyl (C=O) groups excluding carboxylic acids is 1. The number of benzene rings is 1. The maximum atomic E-state index is 13.6. The Morgan fingerprint density at radius 2 is 1.83 bits per heavy atom. The molecule has 1 unspecified atom stereocenters. The van der Waals surface area contributed by atoms with Gasteiger partial charge in [-0.25, -0.2) is 4.39 Å². The second-order valence-corrected chi connectivity index (χ2v) is 6.24. The van der Waals surface area contributed by atoms with Crippen molar-refractivity contribution in [1.29, 1.82) is 0 Å². The van der Waals surface area contributed by atoms with Crippen molar-refractivity contribution < 1.29 is 9.18 Å². The lowest BCUT2D eigenvalue weighted by atomic mass is 9.69. The minimum absolute atomic E-state index is 0.0116. The summed E-state index contributed by atoms with van der Waals surface area (Å²) in [5.41, 5.74) is -0.449. The summed E-state index contributed by atoms with van der Waals surface area (Å²) in [4.78, 5) is 11.6. The highest BCUT2D eigenvalue weighted by Crippen LogP contribution is 2.45. The zero-order chi connectivity index (χ0) is 13.7. The first kappa shape index (κ1) is 13.6. The van der Waals surface area contributed by atoms with Crippen molar-refractivity contribution >= 4 is 29.1 Å². The quantitative estimate of drug-likeness (QED) is 0.785. The van der Waals surface area contributed by atoms with Crippen LogP contribution in [-0.4, -0.2) is 11.4 Å². The zero-order valence-electron chi connectivity index (χ0n) is 10.4. The van der Waals surface area contributed by atoms with Crippen LogP contribution in [0, 0.1) is 5.82 Å². The fourth-order valence-corrected chi connectivity index (χ4v) is 3.04. The first-order valence-electron chi connectivity index (χ1n) is 5.63. The molecule has 1 amide bonds. The second kappa shape index (κ2) is 4.10. The summed E-state index contributed by atoms with van der Waals surface area (Å²) in [7, 11) is 0. The Morgan fingerprint density at radius 3 is 2.33 bits per heavy atom. The van der Waals surface area contributed by atoms with Crippen molar-refractivity contribution in [3.05, 3.63) is 33.6 Å². The van der Waals surface area contributed by atoms with E-state index < -0.39 is 16.8 Å². The van der Waals surface area contributed by atoms with Gasteiger partial charge in [0.1, 0.15) is 5.82 Å². The molecule has 2 rings (SSSR count). The van der Waals surface area contributed by atoms with E-state index >= 15 is 0 Å². The van der Waals surface area contributed by atoms with E-state index in [1.807, 2.05) is 20.8 Å². The van der Waals surface area contributed by atoms with Gasteiger partial charge in [-0.2, -0.15) is 0 Å². The highest BCUT2D eigenvalue weighted by Gasteiger charge is 2.51. The van der Waals surface area contributed by atoms with Gasteiger partial charge < -0.3 is 5.32 Å². The summed E-state index contributed by atoms with van der Waals surface area (Å²) in [6.07, 6.45) is 0.279. The molecule has 0 aromatic heterocycles. The van der Waals surface area contributed by atoms with Crippen LogP contribution in [0.1, 0.15) is 32.8 Å². The van der Waals surface area contributed by atoms with Crippen molar-refractivity contribution in [2.45, 2.75) is 38.1 Å². The van der Waals surface area contributed by atoms with Crippen molar-refractivity contribution in [1.82, 2.24) is 5.32 Å². The molecular formula is C13H14Cl2FNO. The third kappa shape index (κ3) is 1.90. The molecule has 98 valence electrons. The van der Waals surface area contributed by atoms with Crippen LogP contribution in [0.3, 0.4) is 0 Å². The van der Waals surface area contributed by atoms with Crippen LogP contribution >= 0.6 is 23.2 Å². The van der Waals surface area contributed by atoms with Crippen LogP contribution < -0.4 is 5.32 Å². The number of halogens is 3. The van der Waals surface area contributed by atoms with Gasteiger partial charge in [0.2, 0.25) is 5.91 Å². The second-order valence-electron chi connectivity index (χ2n) is 5.43. The van der Waals surface area contributed by atoms with Gasteiger partial charge in [0, 0.05) is 22.4 Å². The molecule has 1 saturated heterocycles. The van der Waals surface area contributed by atoms with Gasteiger partial charge in [-0.15, -0.1) is 0 Å². The number of amides is 1. The molecule has 1 heterocycles. The van der Waals surface area contributed by atoms with E-state index in [1.54, 1.807) is 0 Å². The van der Waals surface area contributed by atoms with Crippen molar-refractivity contribution in [3.8, 4) is 0 Å². The van der Waals surface area contributed by atoms with Crippen molar-refractivity contribution in [2.75, 3.05) is 0 Å². The molecule has 1 aliphatic rings. The molecule has 1 N–H and O–H groups in total. The zero-order valence-corrected chi connectivity index (χ0v) is 11.9. The molecule has 0 bridgehead atoms. The fourth-order valence-electron chi connectivity index (χ4n) is 2.45. The third-order valence-electron chi connectivity index (χ3n) is 3.95. The molecule has 1 aliphatic heterocycles. The molecular weight excluding hydrogens is 276 g/mol. The standard InChI is InChI=1S/C13H14Cl2FNO/c1-12(2)13(3,6-11(18)17-12)7-4-10(16)9(15)5-8(7)14/h4-5H,6H2,1-3H3,(H,17,18). The first-order valence-corrected chi connectivity index (χ1v) is 6.39. The number of hydrogen-bond donors (Lipinski definition) is 1. The lowest BCUT2D eigenvalue weighted by Gasteiger charge is -2.38. The fraction of sp³-hybridized carbons (Fsp3) is 0.462. The van der Waals surface area contributed by atoms with E-state index in [2.05, 4.69) is 5.32 Å². The minimum Gasteiger partial charge on any atom is -0.350 e. The monoisotopic (exact) mass is 289 g/mol. The van der Waals surface area contributed by atoms with E-state index in [9.17, 15) is 9.18 Å². The van der Waals surface area contributed by atoms with Crippen LogP contribution in [0.25, 0.3) is 0 Å². The van der Waals surface area contributed by atoms with E-state index in [1.165, 1.54) is 12.1 Å². The largest absolute Gasteiger partial charge is 0.350 e. The Labute approximate surface area is 115 Å². The number of hydrogen-bond acceptors (Lipinski definition) is 1. The summed E-state index contributed by atoms with van der Waals surface area (Å²) in [5.74, 6) is -0.582. The predicted octanol–water partition coefficient (Wildman–Crippen LogP) is 3.69. The average molecular weight is 290 g/mol. The van der Waals surface area contributed by atoms with Gasteiger partial charge in [-0.05, 0) is 31.5 Å².